The first-order chi connectivity index (χ1) is 13.7. The number of aromatic nitrogens is 3. The van der Waals surface area contributed by atoms with E-state index in [1.54, 1.807) is 0 Å². The summed E-state index contributed by atoms with van der Waals surface area (Å²) in [6.07, 6.45) is 1.84. The number of nitrogens with one attached hydrogen (secondary N) is 1. The molecule has 0 bridgehead atoms. The van der Waals surface area contributed by atoms with Crippen LogP contribution in [0.3, 0.4) is 0 Å². The van der Waals surface area contributed by atoms with E-state index in [0.717, 1.165) is 31.1 Å². The van der Waals surface area contributed by atoms with Crippen LogP contribution in [0, 0.1) is 17.7 Å². The van der Waals surface area contributed by atoms with Crippen LogP contribution < -0.4 is 5.32 Å². The zero-order valence-corrected chi connectivity index (χ0v) is 15.9. The fourth-order valence-corrected chi connectivity index (χ4v) is 4.31. The number of anilines is 1. The average molecular weight is 396 g/mol. The second-order valence-corrected chi connectivity index (χ2v) is 7.85. The molecule has 3 aromatic rings. The number of hydrogen-bond donors (Lipinski definition) is 1. The molecule has 3 heterocycles. The highest BCUT2D eigenvalue weighted by molar-refractivity contribution is 6.33. The third-order valence-corrected chi connectivity index (χ3v) is 5.89. The number of hydrogen-bond acceptors (Lipinski definition) is 5. The molecule has 2 aromatic heterocycles. The largest absolute Gasteiger partial charge is 0.365 e. The summed E-state index contributed by atoms with van der Waals surface area (Å²) in [7, 11) is 0. The first kappa shape index (κ1) is 17.5. The minimum atomic E-state index is -0.343. The summed E-state index contributed by atoms with van der Waals surface area (Å²) in [5.41, 5.74) is 2.23. The predicted molar refractivity (Wildman–Crippen MR) is 106 cm³/mol. The van der Waals surface area contributed by atoms with Gasteiger partial charge in [0.2, 0.25) is 0 Å². The van der Waals surface area contributed by atoms with Crippen molar-refractivity contribution in [2.75, 3.05) is 18.4 Å². The number of nitrogens with zero attached hydrogens (tertiary/aromatic N) is 4. The molecule has 3 atom stereocenters. The van der Waals surface area contributed by atoms with Gasteiger partial charge < -0.3 is 5.32 Å². The lowest BCUT2D eigenvalue weighted by molar-refractivity contribution is 0.289. The fraction of sp³-hybridized carbons (Fsp3) is 0.286. The standard InChI is InChI=1S/C21H19ClFN5/c22-18-5-4-13(23)9-15(18)19-6-7-20(27-26-19)25-21-16-11-28(12-17(16)21)10-14-3-1-2-8-24-14/h1-9,16-17,21H,10-12H2,(H,25,27)/t16-,17+,21?. The molecule has 0 radical (unpaired) electrons. The van der Waals surface area contributed by atoms with Gasteiger partial charge in [-0.2, -0.15) is 0 Å². The number of fused-ring (bicyclic) bond motifs is 1. The molecule has 1 aromatic carbocycles. The second kappa shape index (κ2) is 7.11. The van der Waals surface area contributed by atoms with E-state index in [9.17, 15) is 4.39 Å². The van der Waals surface area contributed by atoms with Gasteiger partial charge in [-0.05, 0) is 54.3 Å². The maximum absolute atomic E-state index is 13.5. The number of halogens is 2. The van der Waals surface area contributed by atoms with Gasteiger partial charge in [-0.15, -0.1) is 10.2 Å². The molecule has 2 aliphatic rings. The minimum Gasteiger partial charge on any atom is -0.365 e. The molecule has 1 unspecified atom stereocenters. The molecule has 5 nitrogen and oxygen atoms in total. The molecule has 1 aliphatic heterocycles. The Balaban J connectivity index is 1.18. The summed E-state index contributed by atoms with van der Waals surface area (Å²) in [6.45, 7) is 3.05. The lowest BCUT2D eigenvalue weighted by atomic mass is 10.1. The monoisotopic (exact) mass is 395 g/mol. The van der Waals surface area contributed by atoms with E-state index in [0.29, 0.717) is 34.2 Å². The normalized spacial score (nSPS) is 23.4. The van der Waals surface area contributed by atoms with Gasteiger partial charge in [0.05, 0.1) is 16.4 Å². The summed E-state index contributed by atoms with van der Waals surface area (Å²) in [5, 5.41) is 12.4. The molecule has 1 saturated carbocycles. The third-order valence-electron chi connectivity index (χ3n) is 5.56. The molecule has 1 saturated heterocycles. The first-order valence-electron chi connectivity index (χ1n) is 9.35. The predicted octanol–water partition coefficient (Wildman–Crippen LogP) is 3.87. The van der Waals surface area contributed by atoms with Crippen molar-refractivity contribution in [3.05, 3.63) is 71.3 Å². The van der Waals surface area contributed by atoms with Crippen LogP contribution >= 0.6 is 11.6 Å². The molecule has 28 heavy (non-hydrogen) atoms. The molecule has 1 aliphatic carbocycles. The van der Waals surface area contributed by atoms with E-state index in [1.165, 1.54) is 18.2 Å². The highest BCUT2D eigenvalue weighted by Crippen LogP contribution is 2.47. The van der Waals surface area contributed by atoms with Crippen LogP contribution in [-0.4, -0.2) is 39.2 Å². The highest BCUT2D eigenvalue weighted by Gasteiger charge is 2.55. The van der Waals surface area contributed by atoms with E-state index in [2.05, 4.69) is 31.5 Å². The average Bonchev–Trinajstić information content (AvgIpc) is 3.15. The molecule has 1 N–H and O–H groups in total. The van der Waals surface area contributed by atoms with E-state index in [1.807, 2.05) is 30.5 Å². The Kier molecular flexibility index (Phi) is 4.45. The Morgan fingerprint density at radius 2 is 1.93 bits per heavy atom. The SMILES string of the molecule is Fc1ccc(Cl)c(-c2ccc(NC3[C@H]4CN(Cc5ccccn5)C[C@@H]34)nn2)c1. The van der Waals surface area contributed by atoms with Crippen molar-refractivity contribution in [2.45, 2.75) is 12.6 Å². The van der Waals surface area contributed by atoms with Crippen LogP contribution in [-0.2, 0) is 6.54 Å². The van der Waals surface area contributed by atoms with E-state index < -0.39 is 0 Å². The Labute approximate surface area is 167 Å². The minimum absolute atomic E-state index is 0.343. The molecule has 0 spiro atoms. The maximum atomic E-state index is 13.5. The van der Waals surface area contributed by atoms with Crippen molar-refractivity contribution in [2.24, 2.45) is 11.8 Å². The molecule has 2 fully saturated rings. The summed E-state index contributed by atoms with van der Waals surface area (Å²) >= 11 is 6.14. The Hall–Kier alpha value is -2.57. The van der Waals surface area contributed by atoms with Crippen molar-refractivity contribution < 1.29 is 4.39 Å². The number of likely N-dealkylation sites (tertiary alicyclic amines) is 1. The summed E-state index contributed by atoms with van der Waals surface area (Å²) in [6, 6.07) is 14.4. The number of pyridine rings is 1. The third kappa shape index (κ3) is 3.45. The van der Waals surface area contributed by atoms with Crippen LogP contribution in [0.25, 0.3) is 11.3 Å². The van der Waals surface area contributed by atoms with Gasteiger partial charge in [0, 0.05) is 37.4 Å². The highest BCUT2D eigenvalue weighted by atomic mass is 35.5. The van der Waals surface area contributed by atoms with Crippen LogP contribution in [0.15, 0.2) is 54.7 Å². The summed E-state index contributed by atoms with van der Waals surface area (Å²) in [5.74, 6) is 1.68. The fourth-order valence-electron chi connectivity index (χ4n) is 4.10. The lowest BCUT2D eigenvalue weighted by Gasteiger charge is -2.19. The number of piperidine rings is 1. The topological polar surface area (TPSA) is 53.9 Å². The molecule has 5 rings (SSSR count). The smallest absolute Gasteiger partial charge is 0.148 e. The van der Waals surface area contributed by atoms with Crippen LogP contribution in [0.4, 0.5) is 10.2 Å². The molecular weight excluding hydrogens is 377 g/mol. The van der Waals surface area contributed by atoms with Crippen molar-refractivity contribution in [1.29, 1.82) is 0 Å². The maximum Gasteiger partial charge on any atom is 0.148 e. The zero-order valence-electron chi connectivity index (χ0n) is 15.1. The lowest BCUT2D eigenvalue weighted by Crippen LogP contribution is -2.28. The van der Waals surface area contributed by atoms with E-state index >= 15 is 0 Å². The van der Waals surface area contributed by atoms with Crippen molar-refractivity contribution in [1.82, 2.24) is 20.1 Å². The van der Waals surface area contributed by atoms with Crippen LogP contribution in [0.5, 0.6) is 0 Å². The molecular formula is C21H19ClFN5. The Morgan fingerprint density at radius 1 is 1.07 bits per heavy atom. The number of benzene rings is 1. The summed E-state index contributed by atoms with van der Waals surface area (Å²) in [4.78, 5) is 6.86. The van der Waals surface area contributed by atoms with Gasteiger partial charge in [0.1, 0.15) is 11.6 Å². The number of rotatable bonds is 5. The quantitative estimate of drug-likeness (QED) is 0.710. The van der Waals surface area contributed by atoms with Gasteiger partial charge in [-0.3, -0.25) is 9.88 Å². The van der Waals surface area contributed by atoms with Crippen molar-refractivity contribution in [3.63, 3.8) is 0 Å². The van der Waals surface area contributed by atoms with Gasteiger partial charge in [0.15, 0.2) is 0 Å². The van der Waals surface area contributed by atoms with Crippen LogP contribution in [0.1, 0.15) is 5.69 Å². The van der Waals surface area contributed by atoms with Crippen LogP contribution in [0.2, 0.25) is 5.02 Å². The Morgan fingerprint density at radius 3 is 2.64 bits per heavy atom. The first-order valence-corrected chi connectivity index (χ1v) is 9.73. The van der Waals surface area contributed by atoms with Crippen molar-refractivity contribution >= 4 is 17.4 Å². The van der Waals surface area contributed by atoms with Gasteiger partial charge >= 0.3 is 0 Å². The summed E-state index contributed by atoms with van der Waals surface area (Å²) < 4.78 is 13.5. The van der Waals surface area contributed by atoms with Gasteiger partial charge in [-0.25, -0.2) is 4.39 Å². The van der Waals surface area contributed by atoms with Crippen molar-refractivity contribution in [3.8, 4) is 11.3 Å². The van der Waals surface area contributed by atoms with E-state index in [4.69, 9.17) is 11.6 Å². The zero-order chi connectivity index (χ0) is 19.1. The van der Waals surface area contributed by atoms with Gasteiger partial charge in [-0.1, -0.05) is 17.7 Å². The second-order valence-electron chi connectivity index (χ2n) is 7.44. The molecule has 7 heteroatoms. The molecule has 0 amide bonds. The Bertz CT molecular complexity index is 970. The van der Waals surface area contributed by atoms with E-state index in [-0.39, 0.29) is 5.82 Å². The molecule has 142 valence electrons. The van der Waals surface area contributed by atoms with Gasteiger partial charge in [0.25, 0.3) is 0 Å².